The number of rotatable bonds is 2. The van der Waals surface area contributed by atoms with Gasteiger partial charge in [0, 0.05) is 6.42 Å². The Morgan fingerprint density at radius 1 is 1.22 bits per heavy atom. The van der Waals surface area contributed by atoms with Crippen LogP contribution in [0, 0.1) is 0 Å². The Morgan fingerprint density at radius 3 is 2.39 bits per heavy atom. The SMILES string of the molecule is CC(C)c1ccc(N2C(=O)CCC(N)C2=O)cc1. The van der Waals surface area contributed by atoms with Crippen LogP contribution in [0.2, 0.25) is 0 Å². The third-order valence-electron chi connectivity index (χ3n) is 3.27. The number of benzene rings is 1. The standard InChI is InChI=1S/C14H18N2O2/c1-9(2)10-3-5-11(6-4-10)16-13(17)8-7-12(15)14(16)18/h3-6,9,12H,7-8,15H2,1-2H3. The molecule has 0 saturated carbocycles. The van der Waals surface area contributed by atoms with Crippen molar-refractivity contribution in [3.05, 3.63) is 29.8 Å². The third kappa shape index (κ3) is 2.29. The van der Waals surface area contributed by atoms with E-state index in [0.29, 0.717) is 24.4 Å². The Morgan fingerprint density at radius 2 is 1.83 bits per heavy atom. The Balaban J connectivity index is 2.29. The van der Waals surface area contributed by atoms with E-state index >= 15 is 0 Å². The minimum absolute atomic E-state index is 0.168. The molecule has 4 nitrogen and oxygen atoms in total. The predicted molar refractivity (Wildman–Crippen MR) is 70.2 cm³/mol. The van der Waals surface area contributed by atoms with Gasteiger partial charge in [0.25, 0.3) is 5.91 Å². The van der Waals surface area contributed by atoms with Gasteiger partial charge in [-0.05, 0) is 30.0 Å². The second kappa shape index (κ2) is 4.90. The number of imide groups is 1. The molecule has 2 amide bonds. The Bertz CT molecular complexity index is 465. The lowest BCUT2D eigenvalue weighted by atomic mass is 10.0. The topological polar surface area (TPSA) is 63.4 Å². The van der Waals surface area contributed by atoms with Crippen LogP contribution in [0.15, 0.2) is 24.3 Å². The highest BCUT2D eigenvalue weighted by atomic mass is 16.2. The second-order valence-corrected chi connectivity index (χ2v) is 4.96. The maximum Gasteiger partial charge on any atom is 0.250 e. The Labute approximate surface area is 107 Å². The van der Waals surface area contributed by atoms with Gasteiger partial charge in [-0.25, -0.2) is 4.90 Å². The van der Waals surface area contributed by atoms with Crippen LogP contribution in [0.5, 0.6) is 0 Å². The molecule has 0 aliphatic carbocycles. The zero-order chi connectivity index (χ0) is 13.3. The summed E-state index contributed by atoms with van der Waals surface area (Å²) in [7, 11) is 0. The zero-order valence-corrected chi connectivity index (χ0v) is 10.7. The van der Waals surface area contributed by atoms with Crippen LogP contribution in [0.3, 0.4) is 0 Å². The number of hydrogen-bond donors (Lipinski definition) is 1. The fourth-order valence-corrected chi connectivity index (χ4v) is 2.08. The monoisotopic (exact) mass is 246 g/mol. The van der Waals surface area contributed by atoms with Crippen LogP contribution in [0.25, 0.3) is 0 Å². The molecule has 1 aromatic rings. The molecule has 1 unspecified atom stereocenters. The quantitative estimate of drug-likeness (QED) is 0.809. The van der Waals surface area contributed by atoms with E-state index in [1.54, 1.807) is 0 Å². The van der Waals surface area contributed by atoms with Crippen LogP contribution in [-0.2, 0) is 9.59 Å². The summed E-state index contributed by atoms with van der Waals surface area (Å²) in [6.07, 6.45) is 0.775. The van der Waals surface area contributed by atoms with Crippen LogP contribution >= 0.6 is 0 Å². The van der Waals surface area contributed by atoms with E-state index < -0.39 is 6.04 Å². The molecule has 18 heavy (non-hydrogen) atoms. The molecule has 1 saturated heterocycles. The molecule has 2 N–H and O–H groups in total. The molecule has 0 aromatic heterocycles. The first kappa shape index (κ1) is 12.8. The number of carbonyl (C=O) groups excluding carboxylic acids is 2. The maximum absolute atomic E-state index is 11.9. The smallest absolute Gasteiger partial charge is 0.250 e. The van der Waals surface area contributed by atoms with Crippen molar-refractivity contribution in [1.29, 1.82) is 0 Å². The van der Waals surface area contributed by atoms with Gasteiger partial charge in [-0.1, -0.05) is 26.0 Å². The number of amides is 2. The normalized spacial score (nSPS) is 20.7. The summed E-state index contributed by atoms with van der Waals surface area (Å²) in [5.74, 6) is -0.0448. The molecular weight excluding hydrogens is 228 g/mol. The molecule has 1 aliphatic rings. The number of carbonyl (C=O) groups is 2. The molecule has 0 radical (unpaired) electrons. The lowest BCUT2D eigenvalue weighted by Gasteiger charge is -2.28. The van der Waals surface area contributed by atoms with E-state index in [4.69, 9.17) is 5.73 Å². The summed E-state index contributed by atoms with van der Waals surface area (Å²) < 4.78 is 0. The van der Waals surface area contributed by atoms with Gasteiger partial charge in [0.05, 0.1) is 11.7 Å². The Kier molecular flexibility index (Phi) is 3.48. The van der Waals surface area contributed by atoms with Crippen molar-refractivity contribution in [1.82, 2.24) is 0 Å². The van der Waals surface area contributed by atoms with Gasteiger partial charge >= 0.3 is 0 Å². The van der Waals surface area contributed by atoms with Crippen LogP contribution in [-0.4, -0.2) is 17.9 Å². The summed E-state index contributed by atoms with van der Waals surface area (Å²) in [5, 5.41) is 0. The molecule has 0 spiro atoms. The highest BCUT2D eigenvalue weighted by molar-refractivity contribution is 6.18. The van der Waals surface area contributed by atoms with E-state index in [1.807, 2.05) is 24.3 Å². The minimum atomic E-state index is -0.563. The fourth-order valence-electron chi connectivity index (χ4n) is 2.08. The molecule has 1 aromatic carbocycles. The molecule has 0 bridgehead atoms. The highest BCUT2D eigenvalue weighted by Crippen LogP contribution is 2.24. The minimum Gasteiger partial charge on any atom is -0.320 e. The molecular formula is C14H18N2O2. The fraction of sp³-hybridized carbons (Fsp3) is 0.429. The van der Waals surface area contributed by atoms with Crippen molar-refractivity contribution < 1.29 is 9.59 Å². The average Bonchev–Trinajstić information content (AvgIpc) is 2.35. The van der Waals surface area contributed by atoms with Crippen LogP contribution < -0.4 is 10.6 Å². The number of nitrogens with zero attached hydrogens (tertiary/aromatic N) is 1. The largest absolute Gasteiger partial charge is 0.320 e. The van der Waals surface area contributed by atoms with Gasteiger partial charge in [-0.2, -0.15) is 0 Å². The van der Waals surface area contributed by atoms with E-state index in [2.05, 4.69) is 13.8 Å². The van der Waals surface area contributed by atoms with Gasteiger partial charge in [-0.3, -0.25) is 9.59 Å². The number of piperidine rings is 1. The van der Waals surface area contributed by atoms with E-state index in [9.17, 15) is 9.59 Å². The Hall–Kier alpha value is -1.68. The van der Waals surface area contributed by atoms with Crippen molar-refractivity contribution >= 4 is 17.5 Å². The van der Waals surface area contributed by atoms with Crippen molar-refractivity contribution in [3.8, 4) is 0 Å². The van der Waals surface area contributed by atoms with Gasteiger partial charge in [0.15, 0.2) is 0 Å². The van der Waals surface area contributed by atoms with Crippen molar-refractivity contribution in [3.63, 3.8) is 0 Å². The van der Waals surface area contributed by atoms with E-state index in [0.717, 1.165) is 0 Å². The molecule has 96 valence electrons. The van der Waals surface area contributed by atoms with Crippen LogP contribution in [0.4, 0.5) is 5.69 Å². The molecule has 1 aliphatic heterocycles. The lowest BCUT2D eigenvalue weighted by molar-refractivity contribution is -0.130. The molecule has 2 rings (SSSR count). The first-order chi connectivity index (χ1) is 8.50. The zero-order valence-electron chi connectivity index (χ0n) is 10.7. The number of hydrogen-bond acceptors (Lipinski definition) is 3. The van der Waals surface area contributed by atoms with Gasteiger partial charge in [-0.15, -0.1) is 0 Å². The molecule has 1 heterocycles. The predicted octanol–water partition coefficient (Wildman–Crippen LogP) is 1.79. The van der Waals surface area contributed by atoms with Crippen LogP contribution in [0.1, 0.15) is 38.2 Å². The number of nitrogens with two attached hydrogens (primary N) is 1. The van der Waals surface area contributed by atoms with Crippen molar-refractivity contribution in [2.75, 3.05) is 4.90 Å². The third-order valence-corrected chi connectivity index (χ3v) is 3.27. The van der Waals surface area contributed by atoms with Crippen molar-refractivity contribution in [2.45, 2.75) is 38.6 Å². The summed E-state index contributed by atoms with van der Waals surface area (Å²) in [4.78, 5) is 25.0. The lowest BCUT2D eigenvalue weighted by Crippen LogP contribution is -2.51. The first-order valence-electron chi connectivity index (χ1n) is 6.23. The summed E-state index contributed by atoms with van der Waals surface area (Å²) in [6, 6.07) is 6.95. The van der Waals surface area contributed by atoms with Gasteiger partial charge in [0.2, 0.25) is 5.91 Å². The second-order valence-electron chi connectivity index (χ2n) is 4.96. The van der Waals surface area contributed by atoms with Gasteiger partial charge < -0.3 is 5.73 Å². The summed E-state index contributed by atoms with van der Waals surface area (Å²) in [5.41, 5.74) is 7.50. The van der Waals surface area contributed by atoms with Gasteiger partial charge in [0.1, 0.15) is 0 Å². The van der Waals surface area contributed by atoms with E-state index in [1.165, 1.54) is 10.5 Å². The first-order valence-corrected chi connectivity index (χ1v) is 6.23. The van der Waals surface area contributed by atoms with E-state index in [-0.39, 0.29) is 11.8 Å². The summed E-state index contributed by atoms with van der Waals surface area (Å²) >= 11 is 0. The van der Waals surface area contributed by atoms with Crippen molar-refractivity contribution in [2.24, 2.45) is 5.73 Å². The molecule has 4 heteroatoms. The molecule has 1 fully saturated rings. The number of anilines is 1. The average molecular weight is 246 g/mol. The molecule has 1 atom stereocenters. The maximum atomic E-state index is 11.9. The summed E-state index contributed by atoms with van der Waals surface area (Å²) in [6.45, 7) is 4.20. The highest BCUT2D eigenvalue weighted by Gasteiger charge is 2.32.